The van der Waals surface area contributed by atoms with Crippen molar-refractivity contribution < 1.29 is 27.2 Å². The fraction of sp³-hybridized carbons (Fsp3) is 0.359. The summed E-state index contributed by atoms with van der Waals surface area (Å²) in [6, 6.07) is 20.3. The maximum Gasteiger partial charge on any atom is 0.247 e. The van der Waals surface area contributed by atoms with Gasteiger partial charge in [-0.15, -0.1) is 0 Å². The summed E-state index contributed by atoms with van der Waals surface area (Å²) in [4.78, 5) is 32.4. The molecule has 1 amide bonds. The lowest BCUT2D eigenvalue weighted by Gasteiger charge is -2.43. The summed E-state index contributed by atoms with van der Waals surface area (Å²) in [5, 5.41) is 8.12. The van der Waals surface area contributed by atoms with E-state index in [1.165, 1.54) is 30.8 Å². The third-order valence-electron chi connectivity index (χ3n) is 10.3. The van der Waals surface area contributed by atoms with Crippen LogP contribution in [0.25, 0.3) is 11.1 Å². The Labute approximate surface area is 315 Å². The Hall–Kier alpha value is -5.09. The highest BCUT2D eigenvalue weighted by molar-refractivity contribution is 7.88. The number of nitrogens with one attached hydrogen (secondary N) is 2. The zero-order valence-electron chi connectivity index (χ0n) is 30.4. The SMILES string of the molecule is C=CC(=O)Nc1cc(Nc2cc(N3OCC[C@@H]3c3cccc(-c4cccc(F)c4)c3)ncn2)c(OC)cc1N1CCC(N2CCN(S(C)(=O)=O)CC2)CC1. The van der Waals surface area contributed by atoms with E-state index < -0.39 is 10.0 Å². The summed E-state index contributed by atoms with van der Waals surface area (Å²) >= 11 is 0. The molecule has 3 aromatic carbocycles. The van der Waals surface area contributed by atoms with Crippen molar-refractivity contribution in [3.8, 4) is 16.9 Å². The van der Waals surface area contributed by atoms with Gasteiger partial charge in [-0.2, -0.15) is 4.31 Å². The minimum absolute atomic E-state index is 0.128. The molecule has 4 heterocycles. The molecule has 284 valence electrons. The summed E-state index contributed by atoms with van der Waals surface area (Å²) in [6.45, 7) is 8.09. The number of halogens is 1. The van der Waals surface area contributed by atoms with Crippen LogP contribution in [0, 0.1) is 5.82 Å². The molecule has 3 saturated heterocycles. The molecule has 0 spiro atoms. The first-order valence-electron chi connectivity index (χ1n) is 18.1. The van der Waals surface area contributed by atoms with E-state index in [9.17, 15) is 17.6 Å². The van der Waals surface area contributed by atoms with Gasteiger partial charge in [0.1, 0.15) is 23.7 Å². The van der Waals surface area contributed by atoms with Crippen LogP contribution in [0.15, 0.2) is 85.7 Å². The molecule has 3 aliphatic rings. The lowest BCUT2D eigenvalue weighted by molar-refractivity contribution is -0.111. The molecule has 3 fully saturated rings. The maximum absolute atomic E-state index is 14.0. The van der Waals surface area contributed by atoms with Gasteiger partial charge in [-0.05, 0) is 59.9 Å². The topological polar surface area (TPSA) is 132 Å². The van der Waals surface area contributed by atoms with Crippen LogP contribution in [0.2, 0.25) is 0 Å². The fourth-order valence-electron chi connectivity index (χ4n) is 7.52. The average Bonchev–Trinajstić information content (AvgIpc) is 3.68. The number of hydroxylamine groups is 1. The van der Waals surface area contributed by atoms with Crippen LogP contribution in [0.3, 0.4) is 0 Å². The van der Waals surface area contributed by atoms with Gasteiger partial charge in [-0.3, -0.25) is 14.5 Å². The second-order valence-electron chi connectivity index (χ2n) is 13.7. The Morgan fingerprint density at radius 3 is 2.39 bits per heavy atom. The molecule has 0 radical (unpaired) electrons. The number of carbonyl (C=O) groups excluding carboxylic acids is 1. The monoisotopic (exact) mass is 756 g/mol. The fourth-order valence-corrected chi connectivity index (χ4v) is 8.35. The summed E-state index contributed by atoms with van der Waals surface area (Å²) < 4.78 is 45.4. The van der Waals surface area contributed by atoms with Crippen molar-refractivity contribution in [2.75, 3.05) is 79.8 Å². The molecule has 2 N–H and O–H groups in total. The lowest BCUT2D eigenvalue weighted by atomic mass is 9.98. The Balaban J connectivity index is 1.08. The van der Waals surface area contributed by atoms with Crippen molar-refractivity contribution in [2.45, 2.75) is 31.3 Å². The molecular weight excluding hydrogens is 712 g/mol. The van der Waals surface area contributed by atoms with Crippen LogP contribution >= 0.6 is 0 Å². The third kappa shape index (κ3) is 8.34. The van der Waals surface area contributed by atoms with E-state index >= 15 is 0 Å². The predicted molar refractivity (Wildman–Crippen MR) is 208 cm³/mol. The Morgan fingerprint density at radius 1 is 0.944 bits per heavy atom. The third-order valence-corrected chi connectivity index (χ3v) is 11.6. The summed E-state index contributed by atoms with van der Waals surface area (Å²) in [7, 11) is -1.59. The number of nitrogens with zero attached hydrogens (tertiary/aromatic N) is 6. The Bertz CT molecular complexity index is 2100. The molecule has 0 bridgehead atoms. The van der Waals surface area contributed by atoms with Crippen molar-refractivity contribution in [1.82, 2.24) is 19.2 Å². The highest BCUT2D eigenvalue weighted by atomic mass is 32.2. The summed E-state index contributed by atoms with van der Waals surface area (Å²) in [5.41, 5.74) is 4.73. The van der Waals surface area contributed by atoms with Gasteiger partial charge in [0.15, 0.2) is 5.82 Å². The molecule has 15 heteroatoms. The standard InChI is InChI=1S/C39H45FN8O5S/c1-4-39(49)44-32-23-33(36(52-2)24-35(32)46-14-11-31(12-15-46)45-16-18-47(19-17-45)54(3,50)51)43-37-25-38(42-26-41-37)48-34(13-20-53-48)29-9-5-7-27(21-29)28-8-6-10-30(40)22-28/h4-10,21-26,31,34H,1,11-20H2,2-3H3,(H,44,49)(H,41,42,43)/t34-/m1/s1. The van der Waals surface area contributed by atoms with Crippen LogP contribution < -0.4 is 25.3 Å². The number of sulfonamides is 1. The van der Waals surface area contributed by atoms with E-state index in [0.717, 1.165) is 54.7 Å². The number of methoxy groups -OCH3 is 1. The van der Waals surface area contributed by atoms with Crippen LogP contribution in [0.5, 0.6) is 5.75 Å². The van der Waals surface area contributed by atoms with E-state index in [4.69, 9.17) is 9.57 Å². The van der Waals surface area contributed by atoms with Gasteiger partial charge in [0, 0.05) is 63.9 Å². The lowest BCUT2D eigenvalue weighted by Crippen LogP contribution is -2.54. The van der Waals surface area contributed by atoms with E-state index in [1.54, 1.807) is 28.6 Å². The maximum atomic E-state index is 14.0. The first kappa shape index (κ1) is 37.2. The van der Waals surface area contributed by atoms with E-state index in [1.807, 2.05) is 36.4 Å². The second-order valence-corrected chi connectivity index (χ2v) is 15.6. The van der Waals surface area contributed by atoms with Gasteiger partial charge in [-0.1, -0.05) is 36.9 Å². The number of ether oxygens (including phenoxy) is 1. The van der Waals surface area contributed by atoms with Gasteiger partial charge < -0.3 is 20.3 Å². The van der Waals surface area contributed by atoms with Crippen LogP contribution in [-0.2, 0) is 19.7 Å². The minimum atomic E-state index is -3.19. The first-order chi connectivity index (χ1) is 26.1. The molecule has 1 atom stereocenters. The quantitative estimate of drug-likeness (QED) is 0.186. The number of hydrogen-bond donors (Lipinski definition) is 2. The molecule has 13 nitrogen and oxygen atoms in total. The van der Waals surface area contributed by atoms with Gasteiger partial charge in [0.25, 0.3) is 0 Å². The van der Waals surface area contributed by atoms with E-state index in [-0.39, 0.29) is 17.8 Å². The highest BCUT2D eigenvalue weighted by Gasteiger charge is 2.32. The van der Waals surface area contributed by atoms with E-state index in [0.29, 0.717) is 67.6 Å². The Kier molecular flexibility index (Phi) is 11.1. The van der Waals surface area contributed by atoms with Gasteiger partial charge in [0.2, 0.25) is 15.9 Å². The van der Waals surface area contributed by atoms with Crippen molar-refractivity contribution in [3.05, 3.63) is 97.1 Å². The van der Waals surface area contributed by atoms with Gasteiger partial charge in [-0.25, -0.2) is 27.8 Å². The number of hydrogen-bond acceptors (Lipinski definition) is 11. The average molecular weight is 757 g/mol. The zero-order valence-corrected chi connectivity index (χ0v) is 31.3. The highest BCUT2D eigenvalue weighted by Crippen LogP contribution is 2.41. The molecule has 54 heavy (non-hydrogen) atoms. The number of piperazine rings is 1. The van der Waals surface area contributed by atoms with Crippen LogP contribution in [0.4, 0.5) is 33.1 Å². The van der Waals surface area contributed by atoms with Crippen molar-refractivity contribution in [3.63, 3.8) is 0 Å². The number of anilines is 5. The minimum Gasteiger partial charge on any atom is -0.494 e. The van der Waals surface area contributed by atoms with Crippen molar-refractivity contribution in [2.24, 2.45) is 0 Å². The number of carbonyl (C=O) groups is 1. The first-order valence-corrected chi connectivity index (χ1v) is 19.9. The molecule has 0 unspecified atom stereocenters. The molecular formula is C39H45FN8O5S. The predicted octanol–water partition coefficient (Wildman–Crippen LogP) is 5.59. The normalized spacial score (nSPS) is 18.8. The van der Waals surface area contributed by atoms with Crippen LogP contribution in [0.1, 0.15) is 30.9 Å². The number of aromatic nitrogens is 2. The Morgan fingerprint density at radius 2 is 1.69 bits per heavy atom. The van der Waals surface area contributed by atoms with Crippen LogP contribution in [-0.4, -0.2) is 98.8 Å². The number of piperidine rings is 1. The zero-order chi connectivity index (χ0) is 37.8. The molecule has 0 saturated carbocycles. The number of amides is 1. The molecule has 4 aromatic rings. The number of rotatable bonds is 11. The number of benzene rings is 3. The molecule has 1 aromatic heterocycles. The van der Waals surface area contributed by atoms with Crippen molar-refractivity contribution in [1.29, 1.82) is 0 Å². The summed E-state index contributed by atoms with van der Waals surface area (Å²) in [5.74, 6) is 0.986. The van der Waals surface area contributed by atoms with Gasteiger partial charge in [0.05, 0.1) is 43.1 Å². The molecule has 0 aliphatic carbocycles. The van der Waals surface area contributed by atoms with Crippen molar-refractivity contribution >= 4 is 44.6 Å². The summed E-state index contributed by atoms with van der Waals surface area (Å²) in [6.07, 6.45) is 6.50. The van der Waals surface area contributed by atoms with Gasteiger partial charge >= 0.3 is 0 Å². The largest absolute Gasteiger partial charge is 0.494 e. The molecule has 3 aliphatic heterocycles. The molecule has 7 rings (SSSR count). The smallest absolute Gasteiger partial charge is 0.247 e. The van der Waals surface area contributed by atoms with E-state index in [2.05, 4.69) is 43.0 Å². The second kappa shape index (κ2) is 16.1.